The molecule has 13 heteroatoms. The van der Waals surface area contributed by atoms with Crippen molar-refractivity contribution in [1.82, 2.24) is 5.32 Å². The third kappa shape index (κ3) is 5.09. The number of rotatable bonds is 3. The van der Waals surface area contributed by atoms with Crippen LogP contribution in [-0.4, -0.2) is 40.4 Å². The predicted molar refractivity (Wildman–Crippen MR) is 111 cm³/mol. The van der Waals surface area contributed by atoms with E-state index >= 15 is 0 Å². The Morgan fingerprint density at radius 1 is 1.15 bits per heavy atom. The SMILES string of the molecule is C[C@@H]1N[C@@H](C(=O)O)[C@H](c2cccc(Cl)c2F)[C@@]1(C#N)c1ccc(Cl)cc1F.O=C(O)C(F)(F)F. The number of carbonyl (C=O) groups is 2. The molecule has 1 saturated heterocycles. The number of aliphatic carboxylic acids is 2. The fourth-order valence-electron chi connectivity index (χ4n) is 3.88. The van der Waals surface area contributed by atoms with E-state index in [0.29, 0.717) is 0 Å². The Labute approximate surface area is 199 Å². The van der Waals surface area contributed by atoms with Gasteiger partial charge in [0.15, 0.2) is 0 Å². The van der Waals surface area contributed by atoms with Crippen LogP contribution in [0.15, 0.2) is 36.4 Å². The van der Waals surface area contributed by atoms with Gasteiger partial charge in [0.1, 0.15) is 23.1 Å². The second kappa shape index (κ2) is 10.1. The normalized spacial score (nSPS) is 24.0. The lowest BCUT2D eigenvalue weighted by atomic mass is 9.65. The summed E-state index contributed by atoms with van der Waals surface area (Å²) in [5.41, 5.74) is -1.81. The maximum absolute atomic E-state index is 14.8. The average molecular weight is 525 g/mol. The number of alkyl halides is 3. The molecule has 0 spiro atoms. The number of hydrogen-bond acceptors (Lipinski definition) is 4. The highest BCUT2D eigenvalue weighted by Gasteiger charge is 2.59. The maximum Gasteiger partial charge on any atom is 0.490 e. The molecule has 182 valence electrons. The molecule has 0 aromatic heterocycles. The van der Waals surface area contributed by atoms with Crippen LogP contribution < -0.4 is 5.32 Å². The maximum atomic E-state index is 14.8. The Morgan fingerprint density at radius 3 is 2.21 bits per heavy atom. The second-order valence-electron chi connectivity index (χ2n) is 7.23. The van der Waals surface area contributed by atoms with Gasteiger partial charge in [0.2, 0.25) is 0 Å². The van der Waals surface area contributed by atoms with Crippen LogP contribution in [0.5, 0.6) is 0 Å². The summed E-state index contributed by atoms with van der Waals surface area (Å²) in [7, 11) is 0. The van der Waals surface area contributed by atoms with E-state index in [0.717, 1.165) is 6.07 Å². The fraction of sp³-hybridized carbons (Fsp3) is 0.286. The standard InChI is InChI=1S/C19H14Cl2F2N2O2.C2HF3O2/c1-9-19(8-24,12-6-5-10(20)7-14(12)22)15(17(25-9)18(26)27)11-3-2-4-13(21)16(11)23;3-2(4,5)1(6)7/h2-7,9,15,17,25H,1H3,(H,26,27);(H,6,7)/t9-,15-,17+,19+;/m0./s1. The fourth-order valence-corrected chi connectivity index (χ4v) is 4.22. The van der Waals surface area contributed by atoms with Gasteiger partial charge in [-0.1, -0.05) is 41.4 Å². The molecule has 3 rings (SSSR count). The molecule has 1 aliphatic rings. The number of nitrogens with zero attached hydrogens (tertiary/aromatic N) is 1. The van der Waals surface area contributed by atoms with Gasteiger partial charge in [-0.05, 0) is 30.7 Å². The number of benzene rings is 2. The minimum Gasteiger partial charge on any atom is -0.480 e. The second-order valence-corrected chi connectivity index (χ2v) is 8.08. The molecule has 0 bridgehead atoms. The Kier molecular flexibility index (Phi) is 8.14. The Hall–Kier alpha value is -2.94. The quantitative estimate of drug-likeness (QED) is 0.493. The molecule has 1 heterocycles. The van der Waals surface area contributed by atoms with Gasteiger partial charge >= 0.3 is 18.1 Å². The van der Waals surface area contributed by atoms with E-state index in [9.17, 15) is 37.1 Å². The van der Waals surface area contributed by atoms with Crippen LogP contribution in [0.2, 0.25) is 10.0 Å². The predicted octanol–water partition coefficient (Wildman–Crippen LogP) is 4.89. The van der Waals surface area contributed by atoms with Gasteiger partial charge in [-0.25, -0.2) is 13.6 Å². The minimum absolute atomic E-state index is 0.0532. The summed E-state index contributed by atoms with van der Waals surface area (Å²) in [6, 6.07) is 7.89. The van der Waals surface area contributed by atoms with Crippen LogP contribution in [0.1, 0.15) is 24.0 Å². The van der Waals surface area contributed by atoms with Gasteiger partial charge in [0, 0.05) is 22.5 Å². The highest BCUT2D eigenvalue weighted by Crippen LogP contribution is 2.50. The molecule has 0 unspecified atom stereocenters. The van der Waals surface area contributed by atoms with E-state index in [1.807, 2.05) is 0 Å². The smallest absolute Gasteiger partial charge is 0.480 e. The lowest BCUT2D eigenvalue weighted by Gasteiger charge is -2.33. The Morgan fingerprint density at radius 2 is 1.74 bits per heavy atom. The highest BCUT2D eigenvalue weighted by molar-refractivity contribution is 6.31. The minimum atomic E-state index is -5.08. The first-order valence-electron chi connectivity index (χ1n) is 9.28. The van der Waals surface area contributed by atoms with Crippen LogP contribution in [0.25, 0.3) is 0 Å². The van der Waals surface area contributed by atoms with Crippen molar-refractivity contribution in [1.29, 1.82) is 5.26 Å². The molecule has 4 atom stereocenters. The van der Waals surface area contributed by atoms with Crippen molar-refractivity contribution < 1.29 is 41.8 Å². The Bertz CT molecular complexity index is 1150. The van der Waals surface area contributed by atoms with Crippen molar-refractivity contribution in [2.75, 3.05) is 0 Å². The van der Waals surface area contributed by atoms with Gasteiger partial charge in [0.25, 0.3) is 0 Å². The first kappa shape index (κ1) is 27.3. The summed E-state index contributed by atoms with van der Waals surface area (Å²) in [5.74, 6) is -6.86. The molecule has 0 aliphatic carbocycles. The monoisotopic (exact) mass is 524 g/mol. The van der Waals surface area contributed by atoms with Crippen LogP contribution in [0.4, 0.5) is 22.0 Å². The molecule has 1 fully saturated rings. The number of carboxylic acids is 2. The van der Waals surface area contributed by atoms with Crippen molar-refractivity contribution in [2.45, 2.75) is 36.5 Å². The van der Waals surface area contributed by atoms with Crippen molar-refractivity contribution in [3.8, 4) is 6.07 Å². The molecule has 2 aromatic carbocycles. The molecule has 3 N–H and O–H groups in total. The zero-order chi connectivity index (χ0) is 26.0. The van der Waals surface area contributed by atoms with Gasteiger partial charge in [-0.2, -0.15) is 18.4 Å². The summed E-state index contributed by atoms with van der Waals surface area (Å²) >= 11 is 11.7. The van der Waals surface area contributed by atoms with Gasteiger partial charge in [0.05, 0.1) is 11.1 Å². The van der Waals surface area contributed by atoms with Gasteiger partial charge < -0.3 is 10.2 Å². The molecule has 6 nitrogen and oxygen atoms in total. The first-order valence-corrected chi connectivity index (χ1v) is 10.0. The van der Waals surface area contributed by atoms with E-state index in [2.05, 4.69) is 11.4 Å². The van der Waals surface area contributed by atoms with Crippen LogP contribution in [-0.2, 0) is 15.0 Å². The molecule has 0 amide bonds. The molecular formula is C21H15Cl2F5N2O4. The molecule has 34 heavy (non-hydrogen) atoms. The summed E-state index contributed by atoms with van der Waals surface area (Å²) in [6.45, 7) is 1.57. The summed E-state index contributed by atoms with van der Waals surface area (Å²) in [4.78, 5) is 20.8. The molecule has 2 aromatic rings. The van der Waals surface area contributed by atoms with Crippen molar-refractivity contribution in [3.05, 3.63) is 69.2 Å². The molecular weight excluding hydrogens is 510 g/mol. The average Bonchev–Trinajstić information content (AvgIpc) is 3.03. The van der Waals surface area contributed by atoms with E-state index in [4.69, 9.17) is 33.1 Å². The molecule has 0 radical (unpaired) electrons. The number of nitrogens with one attached hydrogen (secondary N) is 1. The number of nitriles is 1. The van der Waals surface area contributed by atoms with Gasteiger partial charge in [-0.15, -0.1) is 0 Å². The van der Waals surface area contributed by atoms with Gasteiger partial charge in [-0.3, -0.25) is 10.1 Å². The van der Waals surface area contributed by atoms with E-state index in [1.54, 1.807) is 6.92 Å². The zero-order valence-corrected chi connectivity index (χ0v) is 18.5. The number of carboxylic acid groups (broad SMARTS) is 2. The summed E-state index contributed by atoms with van der Waals surface area (Å²) in [5, 5.41) is 29.6. The third-order valence-electron chi connectivity index (χ3n) is 5.32. The first-order chi connectivity index (χ1) is 15.7. The van der Waals surface area contributed by atoms with E-state index in [-0.39, 0.29) is 21.2 Å². The van der Waals surface area contributed by atoms with Crippen molar-refractivity contribution in [3.63, 3.8) is 0 Å². The largest absolute Gasteiger partial charge is 0.490 e. The lowest BCUT2D eigenvalue weighted by Crippen LogP contribution is -2.40. The van der Waals surface area contributed by atoms with E-state index in [1.165, 1.54) is 30.3 Å². The van der Waals surface area contributed by atoms with Crippen LogP contribution >= 0.6 is 23.2 Å². The highest BCUT2D eigenvalue weighted by atomic mass is 35.5. The zero-order valence-electron chi connectivity index (χ0n) is 17.0. The summed E-state index contributed by atoms with van der Waals surface area (Å²) < 4.78 is 61.3. The lowest BCUT2D eigenvalue weighted by molar-refractivity contribution is -0.192. The topological polar surface area (TPSA) is 110 Å². The summed E-state index contributed by atoms with van der Waals surface area (Å²) in [6.07, 6.45) is -5.08. The molecule has 0 saturated carbocycles. The van der Waals surface area contributed by atoms with Crippen LogP contribution in [0.3, 0.4) is 0 Å². The number of halogens is 7. The molecule has 1 aliphatic heterocycles. The van der Waals surface area contributed by atoms with Crippen molar-refractivity contribution >= 4 is 35.1 Å². The van der Waals surface area contributed by atoms with Crippen LogP contribution in [0, 0.1) is 23.0 Å². The van der Waals surface area contributed by atoms with E-state index < -0.39 is 53.2 Å². The van der Waals surface area contributed by atoms with Crippen molar-refractivity contribution in [2.24, 2.45) is 0 Å². The Balaban J connectivity index is 0.000000509. The third-order valence-corrected chi connectivity index (χ3v) is 5.85. The number of hydrogen-bond donors (Lipinski definition) is 3.